The maximum atomic E-state index is 12.9. The van der Waals surface area contributed by atoms with E-state index in [-0.39, 0.29) is 35.7 Å². The first kappa shape index (κ1) is 16.3. The van der Waals surface area contributed by atoms with E-state index < -0.39 is 0 Å². The molecule has 5 nitrogen and oxygen atoms in total. The number of ether oxygens (including phenoxy) is 2. The number of benzene rings is 1. The molecule has 2 saturated heterocycles. The highest BCUT2D eigenvalue weighted by Crippen LogP contribution is 2.52. The lowest BCUT2D eigenvalue weighted by atomic mass is 9.74. The summed E-state index contributed by atoms with van der Waals surface area (Å²) in [5.41, 5.74) is 3.06. The third-order valence-corrected chi connectivity index (χ3v) is 6.66. The highest BCUT2D eigenvalue weighted by Gasteiger charge is 2.53. The van der Waals surface area contributed by atoms with Crippen molar-refractivity contribution in [1.29, 1.82) is 0 Å². The number of likely N-dealkylation sites (tertiary alicyclic amines) is 1. The van der Waals surface area contributed by atoms with Gasteiger partial charge in [0.25, 0.3) is 5.91 Å². The maximum Gasteiger partial charge on any atom is 0.273 e. The average Bonchev–Trinajstić information content (AvgIpc) is 3.29. The Balaban J connectivity index is 1.46. The van der Waals surface area contributed by atoms with Crippen molar-refractivity contribution in [3.05, 3.63) is 46.4 Å². The monoisotopic (exact) mass is 370 g/mol. The number of thiazole rings is 1. The van der Waals surface area contributed by atoms with E-state index in [1.165, 1.54) is 11.3 Å². The van der Waals surface area contributed by atoms with E-state index in [0.29, 0.717) is 5.69 Å². The second-order valence-corrected chi connectivity index (χ2v) is 8.63. The number of carbonyl (C=O) groups is 1. The molecule has 2 aromatic rings. The van der Waals surface area contributed by atoms with Gasteiger partial charge in [0, 0.05) is 23.4 Å². The molecule has 26 heavy (non-hydrogen) atoms. The van der Waals surface area contributed by atoms with Gasteiger partial charge in [-0.25, -0.2) is 4.98 Å². The molecule has 0 spiro atoms. The van der Waals surface area contributed by atoms with Crippen LogP contribution in [0, 0.1) is 5.92 Å². The Morgan fingerprint density at radius 2 is 2.19 bits per heavy atom. The van der Waals surface area contributed by atoms with Crippen LogP contribution in [0.4, 0.5) is 0 Å². The van der Waals surface area contributed by atoms with Crippen LogP contribution in [0.1, 0.15) is 48.8 Å². The number of amides is 1. The molecule has 1 aromatic carbocycles. The van der Waals surface area contributed by atoms with Crippen molar-refractivity contribution in [2.75, 3.05) is 6.54 Å². The molecule has 0 saturated carbocycles. The zero-order valence-corrected chi connectivity index (χ0v) is 15.7. The molecule has 0 N–H and O–H groups in total. The minimum atomic E-state index is -0.331. The normalized spacial score (nSPS) is 31.5. The number of para-hydroxylation sites is 1. The summed E-state index contributed by atoms with van der Waals surface area (Å²) < 4.78 is 12.9. The molecule has 5 rings (SSSR count). The molecule has 3 aliphatic rings. The summed E-state index contributed by atoms with van der Waals surface area (Å²) in [4.78, 5) is 19.0. The van der Waals surface area contributed by atoms with Crippen molar-refractivity contribution < 1.29 is 14.3 Å². The van der Waals surface area contributed by atoms with Crippen LogP contribution in [0.2, 0.25) is 0 Å². The van der Waals surface area contributed by atoms with Gasteiger partial charge in [0.1, 0.15) is 17.0 Å². The zero-order valence-electron chi connectivity index (χ0n) is 14.9. The third kappa shape index (κ3) is 2.39. The number of carbonyl (C=O) groups excluding carboxylic acids is 1. The topological polar surface area (TPSA) is 51.7 Å². The molecule has 2 fully saturated rings. The second-order valence-electron chi connectivity index (χ2n) is 7.91. The van der Waals surface area contributed by atoms with Gasteiger partial charge in [-0.3, -0.25) is 4.79 Å². The smallest absolute Gasteiger partial charge is 0.273 e. The lowest BCUT2D eigenvalue weighted by Crippen LogP contribution is -2.54. The van der Waals surface area contributed by atoms with Gasteiger partial charge >= 0.3 is 0 Å². The SMILES string of the molecule is CC1(C)Oc2ccccc2[C@@H]2O[C@@H]3CCN(C(=O)c4cscn4)[C@@H]3C[C@H]21. The molecule has 0 radical (unpaired) electrons. The van der Waals surface area contributed by atoms with Crippen LogP contribution < -0.4 is 4.74 Å². The molecule has 1 aromatic heterocycles. The highest BCUT2D eigenvalue weighted by molar-refractivity contribution is 7.07. The van der Waals surface area contributed by atoms with Gasteiger partial charge in [0.05, 0.1) is 23.8 Å². The first-order valence-electron chi connectivity index (χ1n) is 9.17. The Hall–Kier alpha value is -1.92. The fourth-order valence-electron chi connectivity index (χ4n) is 4.75. The molecule has 0 bridgehead atoms. The molecule has 1 amide bonds. The van der Waals surface area contributed by atoms with Crippen LogP contribution in [0.25, 0.3) is 0 Å². The van der Waals surface area contributed by atoms with Crippen molar-refractivity contribution in [1.82, 2.24) is 9.88 Å². The molecule has 6 heteroatoms. The molecule has 4 heterocycles. The van der Waals surface area contributed by atoms with Gasteiger partial charge in [-0.05, 0) is 32.8 Å². The Morgan fingerprint density at radius 1 is 1.35 bits per heavy atom. The molecule has 0 unspecified atom stereocenters. The average molecular weight is 370 g/mol. The van der Waals surface area contributed by atoms with E-state index in [4.69, 9.17) is 9.47 Å². The van der Waals surface area contributed by atoms with Crippen LogP contribution in [-0.2, 0) is 4.74 Å². The summed E-state index contributed by atoms with van der Waals surface area (Å²) >= 11 is 1.46. The minimum absolute atomic E-state index is 0.0238. The first-order valence-corrected chi connectivity index (χ1v) is 10.1. The minimum Gasteiger partial charge on any atom is -0.487 e. The molecule has 3 aliphatic heterocycles. The van der Waals surface area contributed by atoms with Crippen molar-refractivity contribution in [3.8, 4) is 5.75 Å². The zero-order chi connectivity index (χ0) is 17.9. The van der Waals surface area contributed by atoms with Gasteiger partial charge in [-0.1, -0.05) is 18.2 Å². The van der Waals surface area contributed by atoms with E-state index in [0.717, 1.165) is 30.7 Å². The number of hydrogen-bond donors (Lipinski definition) is 0. The second kappa shape index (κ2) is 5.79. The van der Waals surface area contributed by atoms with Crippen LogP contribution in [-0.4, -0.2) is 40.1 Å². The Morgan fingerprint density at radius 3 is 3.00 bits per heavy atom. The van der Waals surface area contributed by atoms with Gasteiger partial charge < -0.3 is 14.4 Å². The number of hydrogen-bond acceptors (Lipinski definition) is 5. The quantitative estimate of drug-likeness (QED) is 0.768. The Labute approximate surface area is 156 Å². The van der Waals surface area contributed by atoms with Gasteiger partial charge in [0.15, 0.2) is 0 Å². The summed E-state index contributed by atoms with van der Waals surface area (Å²) in [6.07, 6.45) is 1.89. The van der Waals surface area contributed by atoms with Crippen LogP contribution in [0.5, 0.6) is 5.75 Å². The highest BCUT2D eigenvalue weighted by atomic mass is 32.1. The molecular formula is C20H22N2O3S. The number of aromatic nitrogens is 1. The molecular weight excluding hydrogens is 348 g/mol. The van der Waals surface area contributed by atoms with Crippen molar-refractivity contribution >= 4 is 17.2 Å². The number of nitrogens with zero attached hydrogens (tertiary/aromatic N) is 2. The van der Waals surface area contributed by atoms with Crippen LogP contribution in [0.15, 0.2) is 35.2 Å². The predicted molar refractivity (Wildman–Crippen MR) is 98.4 cm³/mol. The van der Waals surface area contributed by atoms with E-state index in [1.807, 2.05) is 28.5 Å². The Kier molecular flexibility index (Phi) is 3.62. The first-order chi connectivity index (χ1) is 12.5. The summed E-state index contributed by atoms with van der Waals surface area (Å²) in [5, 5.41) is 1.83. The van der Waals surface area contributed by atoms with Crippen LogP contribution in [0.3, 0.4) is 0 Å². The number of fused-ring (bicyclic) bond motifs is 4. The van der Waals surface area contributed by atoms with Gasteiger partial charge in [0.2, 0.25) is 0 Å². The molecule has 4 atom stereocenters. The fourth-order valence-corrected chi connectivity index (χ4v) is 5.28. The fraction of sp³-hybridized carbons (Fsp3) is 0.500. The summed E-state index contributed by atoms with van der Waals surface area (Å²) in [6.45, 7) is 4.99. The molecule has 0 aliphatic carbocycles. The van der Waals surface area contributed by atoms with E-state index in [2.05, 4.69) is 24.9 Å². The van der Waals surface area contributed by atoms with Crippen molar-refractivity contribution in [2.45, 2.75) is 50.5 Å². The maximum absolute atomic E-state index is 12.9. The van der Waals surface area contributed by atoms with Crippen LogP contribution >= 0.6 is 11.3 Å². The van der Waals surface area contributed by atoms with E-state index in [9.17, 15) is 4.79 Å². The van der Waals surface area contributed by atoms with Crippen molar-refractivity contribution in [3.63, 3.8) is 0 Å². The third-order valence-electron chi connectivity index (χ3n) is 6.07. The summed E-state index contributed by atoms with van der Waals surface area (Å²) in [6, 6.07) is 8.27. The summed E-state index contributed by atoms with van der Waals surface area (Å²) in [5.74, 6) is 1.16. The van der Waals surface area contributed by atoms with Crippen molar-refractivity contribution in [2.24, 2.45) is 5.92 Å². The van der Waals surface area contributed by atoms with E-state index in [1.54, 1.807) is 5.51 Å². The molecule has 136 valence electrons. The largest absolute Gasteiger partial charge is 0.487 e. The standard InChI is InChI=1S/C20H22N2O3S/c1-20(2)13-9-15-17(7-8-22(15)19(23)14-10-26-11-21-14)24-18(13)12-5-3-4-6-16(12)25-20/h3-6,10-11,13,15,17-18H,7-9H2,1-2H3/t13-,15-,17-,18+/m1/s1. The lowest BCUT2D eigenvalue weighted by molar-refractivity contribution is -0.159. The summed E-state index contributed by atoms with van der Waals surface area (Å²) in [7, 11) is 0. The van der Waals surface area contributed by atoms with E-state index >= 15 is 0 Å². The van der Waals surface area contributed by atoms with Gasteiger partial charge in [-0.15, -0.1) is 11.3 Å². The number of rotatable bonds is 1. The Bertz CT molecular complexity index is 835. The predicted octanol–water partition coefficient (Wildman–Crippen LogP) is 3.68. The lowest BCUT2D eigenvalue weighted by Gasteiger charge is -2.50. The van der Waals surface area contributed by atoms with Gasteiger partial charge in [-0.2, -0.15) is 0 Å².